The summed E-state index contributed by atoms with van der Waals surface area (Å²) in [5.41, 5.74) is 1.63. The third-order valence-corrected chi connectivity index (χ3v) is 7.07. The van der Waals surface area contributed by atoms with Crippen LogP contribution in [0.1, 0.15) is 13.3 Å². The van der Waals surface area contributed by atoms with Crippen molar-refractivity contribution in [3.05, 3.63) is 35.9 Å². The van der Waals surface area contributed by atoms with Gasteiger partial charge in [0.25, 0.3) is 0 Å². The Morgan fingerprint density at radius 3 is 2.85 bits per heavy atom. The standard InChI is InChI=1S/C17H17ClN6O2S/c1-2-27(25,26)23-10-17(11-23,5-6-19)24-9-14(15(18)22-24)12-3-7-20-16-13(12)4-8-21-16/h3-4,7-9H,2,5,10-11H2,1H3,(H,20,21). The number of fused-ring (bicyclic) bond motifs is 1. The smallest absolute Gasteiger partial charge is 0.213 e. The SMILES string of the molecule is CCS(=O)(=O)N1CC(CC#N)(n2cc(-c3ccnc4[nH]ccc34)c(Cl)n2)C1. The summed E-state index contributed by atoms with van der Waals surface area (Å²) >= 11 is 6.41. The fourth-order valence-electron chi connectivity index (χ4n) is 3.45. The van der Waals surface area contributed by atoms with Gasteiger partial charge >= 0.3 is 0 Å². The molecule has 3 aromatic heterocycles. The van der Waals surface area contributed by atoms with Crippen LogP contribution in [-0.2, 0) is 15.6 Å². The fraction of sp³-hybridized carbons (Fsp3) is 0.353. The van der Waals surface area contributed by atoms with Gasteiger partial charge in [-0.1, -0.05) is 11.6 Å². The lowest BCUT2D eigenvalue weighted by Gasteiger charge is -2.47. The third-order valence-electron chi connectivity index (χ3n) is 5.01. The largest absolute Gasteiger partial charge is 0.346 e. The Kier molecular flexibility index (Phi) is 4.22. The number of hydrogen-bond acceptors (Lipinski definition) is 5. The quantitative estimate of drug-likeness (QED) is 0.702. The van der Waals surface area contributed by atoms with Gasteiger partial charge in [-0.05, 0) is 24.6 Å². The molecule has 1 saturated heterocycles. The molecule has 1 aliphatic rings. The van der Waals surface area contributed by atoms with E-state index in [1.165, 1.54) is 4.31 Å². The highest BCUT2D eigenvalue weighted by molar-refractivity contribution is 7.89. The van der Waals surface area contributed by atoms with Gasteiger partial charge in [0.1, 0.15) is 11.2 Å². The summed E-state index contributed by atoms with van der Waals surface area (Å²) in [6.45, 7) is 2.03. The number of nitriles is 1. The lowest BCUT2D eigenvalue weighted by Crippen LogP contribution is -2.64. The van der Waals surface area contributed by atoms with Gasteiger partial charge in [0, 0.05) is 42.6 Å². The molecule has 0 aliphatic carbocycles. The van der Waals surface area contributed by atoms with E-state index in [4.69, 9.17) is 11.6 Å². The molecule has 1 aliphatic heterocycles. The average molecular weight is 405 g/mol. The van der Waals surface area contributed by atoms with Crippen LogP contribution in [0.3, 0.4) is 0 Å². The van der Waals surface area contributed by atoms with Gasteiger partial charge in [-0.3, -0.25) is 4.68 Å². The number of rotatable bonds is 5. The summed E-state index contributed by atoms with van der Waals surface area (Å²) in [5.74, 6) is 0.0310. The number of aromatic amines is 1. The second-order valence-corrected chi connectivity index (χ2v) is 9.22. The third kappa shape index (κ3) is 2.81. The van der Waals surface area contributed by atoms with Crippen LogP contribution in [0, 0.1) is 11.3 Å². The van der Waals surface area contributed by atoms with Crippen molar-refractivity contribution in [3.8, 4) is 17.2 Å². The predicted molar refractivity (Wildman–Crippen MR) is 102 cm³/mol. The Morgan fingerprint density at radius 2 is 2.15 bits per heavy atom. The predicted octanol–water partition coefficient (Wildman–Crippen LogP) is 2.35. The number of nitrogens with one attached hydrogen (secondary N) is 1. The minimum Gasteiger partial charge on any atom is -0.346 e. The van der Waals surface area contributed by atoms with Crippen LogP contribution in [0.2, 0.25) is 5.15 Å². The molecule has 1 fully saturated rings. The topological polar surface area (TPSA) is 108 Å². The number of H-pyrrole nitrogens is 1. The van der Waals surface area contributed by atoms with Crippen molar-refractivity contribution in [2.24, 2.45) is 0 Å². The zero-order chi connectivity index (χ0) is 19.2. The molecule has 8 nitrogen and oxygen atoms in total. The van der Waals surface area contributed by atoms with E-state index in [2.05, 4.69) is 21.1 Å². The molecule has 0 spiro atoms. The van der Waals surface area contributed by atoms with Gasteiger partial charge in [-0.2, -0.15) is 14.7 Å². The van der Waals surface area contributed by atoms with Crippen molar-refractivity contribution < 1.29 is 8.42 Å². The first-order chi connectivity index (χ1) is 12.9. The summed E-state index contributed by atoms with van der Waals surface area (Å²) in [7, 11) is -3.30. The minimum absolute atomic E-state index is 0.0310. The van der Waals surface area contributed by atoms with Crippen molar-refractivity contribution in [2.45, 2.75) is 18.9 Å². The van der Waals surface area contributed by atoms with Gasteiger partial charge in [0.15, 0.2) is 5.15 Å². The molecule has 27 heavy (non-hydrogen) atoms. The highest BCUT2D eigenvalue weighted by Gasteiger charge is 2.50. The number of nitrogens with zero attached hydrogens (tertiary/aromatic N) is 5. The second-order valence-electron chi connectivity index (χ2n) is 6.60. The maximum atomic E-state index is 12.1. The molecule has 4 heterocycles. The Balaban J connectivity index is 1.74. The van der Waals surface area contributed by atoms with Crippen LogP contribution in [0.25, 0.3) is 22.2 Å². The van der Waals surface area contributed by atoms with Gasteiger partial charge in [-0.15, -0.1) is 0 Å². The zero-order valence-electron chi connectivity index (χ0n) is 14.6. The Bertz CT molecular complexity index is 1150. The number of pyridine rings is 1. The number of hydrogen-bond donors (Lipinski definition) is 1. The summed E-state index contributed by atoms with van der Waals surface area (Å²) in [4.78, 5) is 7.33. The molecule has 4 rings (SSSR count). The van der Waals surface area contributed by atoms with Crippen LogP contribution < -0.4 is 0 Å². The first-order valence-corrected chi connectivity index (χ1v) is 10.4. The molecular weight excluding hydrogens is 388 g/mol. The maximum absolute atomic E-state index is 12.1. The number of aromatic nitrogens is 4. The van der Waals surface area contributed by atoms with Gasteiger partial charge in [0.05, 0.1) is 18.2 Å². The van der Waals surface area contributed by atoms with E-state index in [0.717, 1.165) is 22.2 Å². The molecule has 1 N–H and O–H groups in total. The summed E-state index contributed by atoms with van der Waals surface area (Å²) in [6.07, 6.45) is 5.43. The fourth-order valence-corrected chi connectivity index (χ4v) is 4.92. The zero-order valence-corrected chi connectivity index (χ0v) is 16.1. The highest BCUT2D eigenvalue weighted by atomic mass is 35.5. The van der Waals surface area contributed by atoms with E-state index in [0.29, 0.717) is 5.15 Å². The van der Waals surface area contributed by atoms with E-state index in [9.17, 15) is 13.7 Å². The molecule has 0 amide bonds. The first-order valence-electron chi connectivity index (χ1n) is 8.43. The molecule has 0 atom stereocenters. The van der Waals surface area contributed by atoms with E-state index in [-0.39, 0.29) is 25.3 Å². The van der Waals surface area contributed by atoms with E-state index in [1.54, 1.807) is 30.2 Å². The molecule has 0 radical (unpaired) electrons. The lowest BCUT2D eigenvalue weighted by atomic mass is 9.89. The second kappa shape index (κ2) is 6.34. The minimum atomic E-state index is -3.30. The van der Waals surface area contributed by atoms with Crippen molar-refractivity contribution in [1.29, 1.82) is 5.26 Å². The Morgan fingerprint density at radius 1 is 1.37 bits per heavy atom. The molecule has 0 saturated carbocycles. The molecule has 10 heteroatoms. The molecule has 3 aromatic rings. The van der Waals surface area contributed by atoms with Crippen LogP contribution in [0.5, 0.6) is 0 Å². The van der Waals surface area contributed by atoms with Crippen molar-refractivity contribution >= 4 is 32.7 Å². The summed E-state index contributed by atoms with van der Waals surface area (Å²) in [5, 5.41) is 14.9. The molecule has 0 aromatic carbocycles. The summed E-state index contributed by atoms with van der Waals surface area (Å²) < 4.78 is 27.2. The molecule has 0 bridgehead atoms. The maximum Gasteiger partial charge on any atom is 0.213 e. The van der Waals surface area contributed by atoms with Crippen molar-refractivity contribution in [3.63, 3.8) is 0 Å². The van der Waals surface area contributed by atoms with E-state index < -0.39 is 15.6 Å². The Labute approximate surface area is 161 Å². The van der Waals surface area contributed by atoms with E-state index in [1.807, 2.05) is 12.1 Å². The monoisotopic (exact) mass is 404 g/mol. The molecule has 140 valence electrons. The van der Waals surface area contributed by atoms with Crippen molar-refractivity contribution in [2.75, 3.05) is 18.8 Å². The van der Waals surface area contributed by atoms with Gasteiger partial charge < -0.3 is 4.98 Å². The summed E-state index contributed by atoms with van der Waals surface area (Å²) in [6, 6.07) is 5.92. The highest BCUT2D eigenvalue weighted by Crippen LogP contribution is 2.38. The van der Waals surface area contributed by atoms with Crippen LogP contribution in [0.4, 0.5) is 0 Å². The number of sulfonamides is 1. The Hall–Kier alpha value is -2.41. The van der Waals surface area contributed by atoms with Crippen molar-refractivity contribution in [1.82, 2.24) is 24.1 Å². The average Bonchev–Trinajstić information content (AvgIpc) is 3.24. The first kappa shape index (κ1) is 18.0. The van der Waals surface area contributed by atoms with Crippen LogP contribution in [-0.4, -0.2) is 51.3 Å². The van der Waals surface area contributed by atoms with Crippen LogP contribution in [0.15, 0.2) is 30.7 Å². The van der Waals surface area contributed by atoms with E-state index >= 15 is 0 Å². The normalized spacial score (nSPS) is 16.9. The lowest BCUT2D eigenvalue weighted by molar-refractivity contribution is 0.0719. The molecular formula is C17H17ClN6O2S. The van der Waals surface area contributed by atoms with Gasteiger partial charge in [-0.25, -0.2) is 13.4 Å². The molecule has 0 unspecified atom stereocenters. The number of halogens is 1. The van der Waals surface area contributed by atoms with Gasteiger partial charge in [0.2, 0.25) is 10.0 Å². The van der Waals surface area contributed by atoms with Crippen LogP contribution >= 0.6 is 11.6 Å².